The van der Waals surface area contributed by atoms with E-state index in [0.29, 0.717) is 14.6 Å². The molecule has 0 saturated heterocycles. The van der Waals surface area contributed by atoms with Crippen molar-refractivity contribution in [3.8, 4) is 0 Å². The number of rotatable bonds is 3. The minimum absolute atomic E-state index is 0.0418. The molecule has 15 heavy (non-hydrogen) atoms. The molecule has 9 heteroatoms. The minimum Gasteiger partial charge on any atom is -0.398 e. The lowest BCUT2D eigenvalue weighted by molar-refractivity contribution is -0.115. The molecule has 0 fully saturated rings. The van der Waals surface area contributed by atoms with E-state index in [1.165, 1.54) is 18.4 Å². The van der Waals surface area contributed by atoms with Gasteiger partial charge in [0.25, 0.3) is 5.91 Å². The predicted octanol–water partition coefficient (Wildman–Crippen LogP) is -0.172. The Labute approximate surface area is 97.6 Å². The summed E-state index contributed by atoms with van der Waals surface area (Å²) in [5, 5.41) is 3.83. The molecule has 82 valence electrons. The summed E-state index contributed by atoms with van der Waals surface area (Å²) in [6.07, 6.45) is 0. The normalized spacial score (nSPS) is 11.3. The first kappa shape index (κ1) is 11.9. The summed E-state index contributed by atoms with van der Waals surface area (Å²) in [4.78, 5) is 19.8. The van der Waals surface area contributed by atoms with E-state index in [2.05, 4.69) is 30.9 Å². The van der Waals surface area contributed by atoms with E-state index in [9.17, 15) is 4.79 Å². The van der Waals surface area contributed by atoms with Crippen LogP contribution in [-0.4, -0.2) is 23.7 Å². The number of amides is 1. The zero-order valence-electron chi connectivity index (χ0n) is 7.65. The first-order chi connectivity index (χ1) is 7.10. The zero-order valence-corrected chi connectivity index (χ0v) is 10.1. The van der Waals surface area contributed by atoms with Crippen LogP contribution in [0.2, 0.25) is 0 Å². The number of hydrazine groups is 1. The lowest BCUT2D eigenvalue weighted by atomic mass is 10.3. The Hall–Kier alpha value is -1.19. The zero-order chi connectivity index (χ0) is 11.4. The molecule has 0 saturated carbocycles. The first-order valence-corrected chi connectivity index (χ1v) is 5.25. The fraction of sp³-hybridized carbons (Fsp3) is 0.167. The van der Waals surface area contributed by atoms with Gasteiger partial charge in [0.2, 0.25) is 0 Å². The van der Waals surface area contributed by atoms with E-state index in [-0.39, 0.29) is 5.71 Å². The second-order valence-corrected chi connectivity index (χ2v) is 4.62. The third-order valence-electron chi connectivity index (χ3n) is 1.36. The van der Waals surface area contributed by atoms with Crippen LogP contribution in [0.1, 0.15) is 5.69 Å². The number of anilines is 1. The molecule has 7 nitrogen and oxygen atoms in total. The molecular formula is C6H8BrN5O2S. The van der Waals surface area contributed by atoms with Crippen molar-refractivity contribution in [2.45, 2.75) is 0 Å². The summed E-state index contributed by atoms with van der Waals surface area (Å²) in [6.45, 7) is 0. The van der Waals surface area contributed by atoms with Crippen LogP contribution in [0.25, 0.3) is 0 Å². The average Bonchev–Trinajstić information content (AvgIpc) is 2.53. The van der Waals surface area contributed by atoms with Crippen LogP contribution < -0.4 is 17.0 Å². The second-order valence-electron chi connectivity index (χ2n) is 2.27. The van der Waals surface area contributed by atoms with Gasteiger partial charge in [-0.05, 0) is 15.9 Å². The Bertz CT molecular complexity index is 404. The molecule has 1 heterocycles. The summed E-state index contributed by atoms with van der Waals surface area (Å²) in [5.74, 6) is 4.38. The third-order valence-corrected chi connectivity index (χ3v) is 2.89. The SMILES string of the molecule is CON=C(C(=O)NN)c1nc(N)sc1Br. The molecule has 0 aromatic carbocycles. The molecule has 5 N–H and O–H groups in total. The monoisotopic (exact) mass is 293 g/mol. The van der Waals surface area contributed by atoms with Gasteiger partial charge < -0.3 is 10.6 Å². The summed E-state index contributed by atoms with van der Waals surface area (Å²) in [7, 11) is 1.31. The largest absolute Gasteiger partial charge is 0.398 e. The Balaban J connectivity index is 3.16. The number of nitrogen functional groups attached to an aromatic ring is 1. The number of carbonyl (C=O) groups excluding carboxylic acids is 1. The van der Waals surface area contributed by atoms with Crippen molar-refractivity contribution >= 4 is 44.0 Å². The molecule has 0 aliphatic heterocycles. The second kappa shape index (κ2) is 5.05. The number of carbonyl (C=O) groups is 1. The van der Waals surface area contributed by atoms with Crippen molar-refractivity contribution in [2.24, 2.45) is 11.0 Å². The van der Waals surface area contributed by atoms with Gasteiger partial charge in [0, 0.05) is 0 Å². The van der Waals surface area contributed by atoms with Gasteiger partial charge in [0.05, 0.1) is 0 Å². The maximum Gasteiger partial charge on any atom is 0.289 e. The number of halogens is 1. The molecule has 0 unspecified atom stereocenters. The molecule has 1 aromatic rings. The highest BCUT2D eigenvalue weighted by Crippen LogP contribution is 2.26. The number of hydrogen-bond acceptors (Lipinski definition) is 7. The van der Waals surface area contributed by atoms with Gasteiger partial charge in [0.1, 0.15) is 16.6 Å². The topological polar surface area (TPSA) is 116 Å². The highest BCUT2D eigenvalue weighted by atomic mass is 79.9. The van der Waals surface area contributed by atoms with E-state index in [1.807, 2.05) is 5.43 Å². The molecule has 1 aromatic heterocycles. The summed E-state index contributed by atoms with van der Waals surface area (Å²) < 4.78 is 0.583. The maximum atomic E-state index is 11.3. The van der Waals surface area contributed by atoms with Crippen molar-refractivity contribution < 1.29 is 9.63 Å². The number of thiazole rings is 1. The van der Waals surface area contributed by atoms with Gasteiger partial charge >= 0.3 is 0 Å². The van der Waals surface area contributed by atoms with Gasteiger partial charge in [-0.25, -0.2) is 10.8 Å². The van der Waals surface area contributed by atoms with E-state index < -0.39 is 5.91 Å². The van der Waals surface area contributed by atoms with Crippen LogP contribution in [0, 0.1) is 0 Å². The van der Waals surface area contributed by atoms with Crippen LogP contribution >= 0.6 is 27.3 Å². The highest BCUT2D eigenvalue weighted by molar-refractivity contribution is 9.11. The average molecular weight is 294 g/mol. The van der Waals surface area contributed by atoms with Crippen LogP contribution in [0.3, 0.4) is 0 Å². The Morgan fingerprint density at radius 2 is 2.40 bits per heavy atom. The van der Waals surface area contributed by atoms with E-state index in [1.54, 1.807) is 0 Å². The minimum atomic E-state index is -0.608. The first-order valence-electron chi connectivity index (χ1n) is 3.64. The molecule has 0 aliphatic rings. The van der Waals surface area contributed by atoms with E-state index in [0.717, 1.165) is 0 Å². The Morgan fingerprint density at radius 3 is 2.80 bits per heavy atom. The fourth-order valence-corrected chi connectivity index (χ4v) is 2.15. The number of nitrogens with two attached hydrogens (primary N) is 2. The molecule has 0 bridgehead atoms. The molecule has 0 aliphatic carbocycles. The third kappa shape index (κ3) is 2.64. The lowest BCUT2D eigenvalue weighted by Crippen LogP contribution is -2.37. The summed E-state index contributed by atoms with van der Waals surface area (Å²) >= 11 is 4.38. The Kier molecular flexibility index (Phi) is 4.00. The van der Waals surface area contributed by atoms with Gasteiger partial charge in [-0.15, -0.1) is 0 Å². The molecule has 0 spiro atoms. The van der Waals surface area contributed by atoms with Gasteiger partial charge in [-0.1, -0.05) is 16.5 Å². The van der Waals surface area contributed by atoms with Crippen LogP contribution in [0.4, 0.5) is 5.13 Å². The molecule has 0 radical (unpaired) electrons. The standard InChI is InChI=1S/C6H8BrN5O2S/c1-14-12-3(5(13)11-9)2-4(7)15-6(8)10-2/h9H2,1H3,(H2,8,10)(H,11,13). The molecule has 0 atom stereocenters. The van der Waals surface area contributed by atoms with Gasteiger partial charge in [-0.3, -0.25) is 10.2 Å². The maximum absolute atomic E-state index is 11.3. The Morgan fingerprint density at radius 1 is 1.73 bits per heavy atom. The van der Waals surface area contributed by atoms with Crippen LogP contribution in [-0.2, 0) is 9.63 Å². The molecule has 1 rings (SSSR count). The highest BCUT2D eigenvalue weighted by Gasteiger charge is 2.21. The van der Waals surface area contributed by atoms with Crippen LogP contribution in [0.15, 0.2) is 8.94 Å². The fourth-order valence-electron chi connectivity index (χ4n) is 0.815. The lowest BCUT2D eigenvalue weighted by Gasteiger charge is -2.00. The van der Waals surface area contributed by atoms with Crippen molar-refractivity contribution in [1.82, 2.24) is 10.4 Å². The molecular weight excluding hydrogens is 286 g/mol. The van der Waals surface area contributed by atoms with Crippen molar-refractivity contribution in [1.29, 1.82) is 0 Å². The quantitative estimate of drug-likeness (QED) is 0.310. The van der Waals surface area contributed by atoms with Crippen molar-refractivity contribution in [3.63, 3.8) is 0 Å². The van der Waals surface area contributed by atoms with Gasteiger partial charge in [0.15, 0.2) is 10.8 Å². The predicted molar refractivity (Wildman–Crippen MR) is 60.1 cm³/mol. The smallest absolute Gasteiger partial charge is 0.289 e. The van der Waals surface area contributed by atoms with Crippen molar-refractivity contribution in [3.05, 3.63) is 9.48 Å². The van der Waals surface area contributed by atoms with E-state index >= 15 is 0 Å². The number of nitrogens with one attached hydrogen (secondary N) is 1. The van der Waals surface area contributed by atoms with Crippen LogP contribution in [0.5, 0.6) is 0 Å². The summed E-state index contributed by atoms with van der Waals surface area (Å²) in [6, 6.07) is 0. The molecule has 1 amide bonds. The number of aromatic nitrogens is 1. The number of nitrogens with zero attached hydrogens (tertiary/aromatic N) is 2. The number of oxime groups is 1. The van der Waals surface area contributed by atoms with E-state index in [4.69, 9.17) is 11.6 Å². The van der Waals surface area contributed by atoms with Gasteiger partial charge in [-0.2, -0.15) is 0 Å². The number of hydrogen-bond donors (Lipinski definition) is 3. The summed E-state index contributed by atoms with van der Waals surface area (Å²) in [5.41, 5.74) is 7.66. The van der Waals surface area contributed by atoms with Crippen molar-refractivity contribution in [2.75, 3.05) is 12.8 Å².